The normalized spacial score (nSPS) is 29.4. The van der Waals surface area contributed by atoms with Crippen LogP contribution in [0.3, 0.4) is 0 Å². The lowest BCUT2D eigenvalue weighted by Gasteiger charge is -2.09. The van der Waals surface area contributed by atoms with Gasteiger partial charge < -0.3 is 15.2 Å². The minimum absolute atomic E-state index is 0.0958. The second-order valence-electron chi connectivity index (χ2n) is 3.99. The Kier molecular flexibility index (Phi) is 4.29. The van der Waals surface area contributed by atoms with Crippen LogP contribution in [0.15, 0.2) is 0 Å². The predicted molar refractivity (Wildman–Crippen MR) is 57.4 cm³/mol. The fourth-order valence-electron chi connectivity index (χ4n) is 2.05. The Labute approximate surface area is 95.3 Å². The van der Waals surface area contributed by atoms with E-state index in [9.17, 15) is 9.59 Å². The molecule has 1 rings (SSSR count). The fourth-order valence-corrected chi connectivity index (χ4v) is 2.05. The van der Waals surface area contributed by atoms with E-state index in [4.69, 9.17) is 15.2 Å². The van der Waals surface area contributed by atoms with E-state index in [0.29, 0.717) is 13.2 Å². The number of carbonyl (C=O) groups is 2. The zero-order chi connectivity index (χ0) is 12.3. The number of ether oxygens (including phenoxy) is 2. The van der Waals surface area contributed by atoms with Gasteiger partial charge in [0.2, 0.25) is 0 Å². The molecule has 5 heteroatoms. The monoisotopic (exact) mass is 229 g/mol. The maximum atomic E-state index is 11.5. The predicted octanol–water partition coefficient (Wildman–Crippen LogP) is 0.322. The van der Waals surface area contributed by atoms with Gasteiger partial charge in [0.05, 0.1) is 19.1 Å². The lowest BCUT2D eigenvalue weighted by Crippen LogP contribution is -2.36. The molecule has 16 heavy (non-hydrogen) atoms. The van der Waals surface area contributed by atoms with Crippen molar-refractivity contribution in [3.63, 3.8) is 0 Å². The van der Waals surface area contributed by atoms with E-state index in [1.54, 1.807) is 13.8 Å². The van der Waals surface area contributed by atoms with Crippen LogP contribution in [0.2, 0.25) is 0 Å². The smallest absolute Gasteiger partial charge is 0.323 e. The van der Waals surface area contributed by atoms with Gasteiger partial charge in [-0.15, -0.1) is 0 Å². The van der Waals surface area contributed by atoms with Crippen molar-refractivity contribution in [2.75, 3.05) is 13.2 Å². The van der Waals surface area contributed by atoms with E-state index in [0.717, 1.165) is 0 Å². The number of carbonyl (C=O) groups excluding carboxylic acids is 2. The van der Waals surface area contributed by atoms with Crippen LogP contribution in [-0.2, 0) is 19.1 Å². The van der Waals surface area contributed by atoms with Crippen LogP contribution >= 0.6 is 0 Å². The number of hydrogen-bond acceptors (Lipinski definition) is 5. The van der Waals surface area contributed by atoms with Gasteiger partial charge in [-0.1, -0.05) is 6.92 Å². The molecule has 4 atom stereocenters. The van der Waals surface area contributed by atoms with Crippen molar-refractivity contribution >= 4 is 11.9 Å². The van der Waals surface area contributed by atoms with E-state index in [-0.39, 0.29) is 23.7 Å². The minimum Gasteiger partial charge on any atom is -0.466 e. The zero-order valence-electron chi connectivity index (χ0n) is 9.93. The van der Waals surface area contributed by atoms with Crippen molar-refractivity contribution in [3.05, 3.63) is 0 Å². The first-order valence-corrected chi connectivity index (χ1v) is 5.63. The molecule has 0 saturated heterocycles. The second kappa shape index (κ2) is 5.30. The molecule has 0 spiro atoms. The molecule has 5 nitrogen and oxygen atoms in total. The first-order chi connectivity index (χ1) is 7.54. The highest BCUT2D eigenvalue weighted by Crippen LogP contribution is 2.48. The molecule has 1 saturated carbocycles. The van der Waals surface area contributed by atoms with E-state index in [1.807, 2.05) is 6.92 Å². The average molecular weight is 229 g/mol. The molecule has 0 aromatic rings. The number of rotatable bonds is 5. The van der Waals surface area contributed by atoms with E-state index < -0.39 is 12.0 Å². The van der Waals surface area contributed by atoms with Crippen LogP contribution in [0, 0.1) is 17.8 Å². The molecule has 2 N–H and O–H groups in total. The van der Waals surface area contributed by atoms with Crippen LogP contribution < -0.4 is 5.73 Å². The maximum absolute atomic E-state index is 11.5. The minimum atomic E-state index is -0.718. The molecule has 0 aliphatic heterocycles. The van der Waals surface area contributed by atoms with Crippen molar-refractivity contribution in [1.29, 1.82) is 0 Å². The second-order valence-corrected chi connectivity index (χ2v) is 3.99. The molecule has 0 unspecified atom stereocenters. The van der Waals surface area contributed by atoms with Gasteiger partial charge in [-0.25, -0.2) is 0 Å². The summed E-state index contributed by atoms with van der Waals surface area (Å²) in [4.78, 5) is 22.9. The Bertz CT molecular complexity index is 259. The molecular weight excluding hydrogens is 210 g/mol. The van der Waals surface area contributed by atoms with Crippen LogP contribution in [0.25, 0.3) is 0 Å². The third-order valence-corrected chi connectivity index (χ3v) is 2.98. The van der Waals surface area contributed by atoms with Gasteiger partial charge in [0.15, 0.2) is 0 Å². The summed E-state index contributed by atoms with van der Waals surface area (Å²) in [5.41, 5.74) is 5.74. The largest absolute Gasteiger partial charge is 0.466 e. The standard InChI is InChI=1S/C11H19NO4/c1-4-15-10(13)8-6(3)7(8)9(12)11(14)16-5-2/h6-9H,4-5,12H2,1-3H3/t6-,7+,8+,9+/m1/s1. The molecule has 0 aromatic heterocycles. The fraction of sp³-hybridized carbons (Fsp3) is 0.818. The highest BCUT2D eigenvalue weighted by atomic mass is 16.5. The quantitative estimate of drug-likeness (QED) is 0.687. The average Bonchev–Trinajstić information content (AvgIpc) is 2.89. The Morgan fingerprint density at radius 2 is 1.81 bits per heavy atom. The Morgan fingerprint density at radius 3 is 2.31 bits per heavy atom. The third-order valence-electron chi connectivity index (χ3n) is 2.98. The van der Waals surface area contributed by atoms with Gasteiger partial charge in [0.1, 0.15) is 6.04 Å². The molecule has 92 valence electrons. The van der Waals surface area contributed by atoms with Crippen LogP contribution in [-0.4, -0.2) is 31.2 Å². The summed E-state index contributed by atoms with van der Waals surface area (Å²) in [6, 6.07) is -0.718. The summed E-state index contributed by atoms with van der Waals surface area (Å²) in [5.74, 6) is -0.998. The molecule has 0 heterocycles. The third kappa shape index (κ3) is 2.52. The van der Waals surface area contributed by atoms with Crippen LogP contribution in [0.5, 0.6) is 0 Å². The highest BCUT2D eigenvalue weighted by molar-refractivity contribution is 5.82. The van der Waals surface area contributed by atoms with Crippen molar-refractivity contribution in [1.82, 2.24) is 0 Å². The highest BCUT2D eigenvalue weighted by Gasteiger charge is 2.57. The van der Waals surface area contributed by atoms with Gasteiger partial charge in [-0.3, -0.25) is 9.59 Å². The first-order valence-electron chi connectivity index (χ1n) is 5.63. The summed E-state index contributed by atoms with van der Waals surface area (Å²) < 4.78 is 9.74. The number of hydrogen-bond donors (Lipinski definition) is 1. The lowest BCUT2D eigenvalue weighted by atomic mass is 10.1. The number of nitrogens with two attached hydrogens (primary N) is 1. The Morgan fingerprint density at radius 1 is 1.25 bits per heavy atom. The zero-order valence-corrected chi connectivity index (χ0v) is 9.93. The molecule has 1 aliphatic carbocycles. The van der Waals surface area contributed by atoms with Crippen LogP contribution in [0.4, 0.5) is 0 Å². The summed E-state index contributed by atoms with van der Waals surface area (Å²) >= 11 is 0. The van der Waals surface area contributed by atoms with Gasteiger partial charge in [-0.05, 0) is 19.8 Å². The lowest BCUT2D eigenvalue weighted by molar-refractivity contribution is -0.146. The summed E-state index contributed by atoms with van der Waals surface area (Å²) in [6.07, 6.45) is 0. The Balaban J connectivity index is 2.51. The maximum Gasteiger partial charge on any atom is 0.323 e. The van der Waals surface area contributed by atoms with E-state index in [2.05, 4.69) is 0 Å². The molecule has 0 radical (unpaired) electrons. The summed E-state index contributed by atoms with van der Waals surface area (Å²) in [5, 5.41) is 0. The summed E-state index contributed by atoms with van der Waals surface area (Å²) in [7, 11) is 0. The van der Waals surface area contributed by atoms with Crippen molar-refractivity contribution in [3.8, 4) is 0 Å². The summed E-state index contributed by atoms with van der Waals surface area (Å²) in [6.45, 7) is 6.03. The van der Waals surface area contributed by atoms with Gasteiger partial charge >= 0.3 is 11.9 Å². The molecule has 0 bridgehead atoms. The van der Waals surface area contributed by atoms with Gasteiger partial charge in [-0.2, -0.15) is 0 Å². The molecular formula is C11H19NO4. The van der Waals surface area contributed by atoms with Crippen molar-refractivity contribution in [2.45, 2.75) is 26.8 Å². The molecule has 1 aliphatic rings. The van der Waals surface area contributed by atoms with E-state index >= 15 is 0 Å². The Hall–Kier alpha value is -1.10. The molecule has 1 fully saturated rings. The number of esters is 2. The van der Waals surface area contributed by atoms with E-state index in [1.165, 1.54) is 0 Å². The first kappa shape index (κ1) is 13.0. The van der Waals surface area contributed by atoms with Crippen molar-refractivity contribution in [2.24, 2.45) is 23.5 Å². The van der Waals surface area contributed by atoms with Gasteiger partial charge in [0.25, 0.3) is 0 Å². The van der Waals surface area contributed by atoms with Crippen LogP contribution in [0.1, 0.15) is 20.8 Å². The topological polar surface area (TPSA) is 78.6 Å². The molecule has 0 aromatic carbocycles. The molecule has 0 amide bonds. The van der Waals surface area contributed by atoms with Gasteiger partial charge in [0, 0.05) is 5.92 Å². The van der Waals surface area contributed by atoms with Crippen molar-refractivity contribution < 1.29 is 19.1 Å². The SMILES string of the molecule is CCOC(=O)[C@H]1[C@H](C)[C@@H]1[C@H](N)C(=O)OCC.